The lowest BCUT2D eigenvalue weighted by molar-refractivity contribution is -0.364. The topological polar surface area (TPSA) is 622 Å². The first-order valence-electron chi connectivity index (χ1n) is 53.4. The fourth-order valence-corrected chi connectivity index (χ4v) is 19.9. The summed E-state index contributed by atoms with van der Waals surface area (Å²) in [5.41, 5.74) is -1.08. The van der Waals surface area contributed by atoms with Crippen molar-refractivity contribution in [2.45, 2.75) is 168 Å². The number of phosphoric ester groups is 3. The first kappa shape index (κ1) is 71.8. The molecule has 12 aliphatic heterocycles. The number of aliphatic hydroxyl groups is 6. The van der Waals surface area contributed by atoms with Gasteiger partial charge in [-0.25, -0.2) is 13.7 Å². The van der Waals surface area contributed by atoms with E-state index in [1.165, 1.54) is 65.3 Å². The molecule has 9 saturated heterocycles. The van der Waals surface area contributed by atoms with Crippen molar-refractivity contribution in [2.24, 2.45) is 35.5 Å². The number of fused-ring (bicyclic) bond motifs is 12. The van der Waals surface area contributed by atoms with E-state index in [0.29, 0.717) is 0 Å². The largest absolute Gasteiger partial charge is 0.525 e. The SMILES string of the molecule is [2H]C([2H])([2H])Oc1cc([C@]2([2H])c3cc4c(cc3[C@@H](O[C@@H]3O[C@H]5[C@@H](O[C@H](C)OC5([2H])[2H])[C@H](O)[C@H]3O)[C@H]3COC(=O)[C@@H]32)OC([2H])([2H])O4)cc(OC([2H])([2H])[2H])c1OP(=O)(O)O.[2H]C1([2H])Oc2cc3c(cc2O1)[C@@H](O[C@@H]1O[C@H]2[C@@H](O[C@H](C)OC2([2H])[2H])[C@H](O)[C@H]1O)[C@@H]1[C@H](C(=O)OC1([2H])[2H])[C@@H]3c1cc(OC)c(OP(=O)(O)O)c(OC)c1.[2H]C1([2H])Oc2cc3c(cc2O1)[C@@]([2H])(c1cc(OC)c(OP(=O)(O)O)c(OC)c1)[C@H]1C(=O)OC([2H])([2H])[C@@H]1[C@@H]3O[C@@H]1O[C@H]2[C@@H](O[C@H](C)OC2([2H])[2H])[C@H](O)[C@H]1O. The van der Waals surface area contributed by atoms with E-state index >= 15 is 0 Å². The summed E-state index contributed by atoms with van der Waals surface area (Å²) in [5.74, 6) is -26.4. The highest BCUT2D eigenvalue weighted by atomic mass is 31.2. The number of benzene rings is 6. The molecule has 0 bridgehead atoms. The van der Waals surface area contributed by atoms with E-state index in [0.717, 1.165) is 56.7 Å². The minimum Gasteiger partial charge on any atom is -0.493 e. The Kier molecular flexibility index (Phi) is 20.0. The van der Waals surface area contributed by atoms with Gasteiger partial charge >= 0.3 is 41.4 Å². The van der Waals surface area contributed by atoms with E-state index in [1.54, 1.807) is 0 Å². The molecule has 0 unspecified atom stereocenters. The summed E-state index contributed by atoms with van der Waals surface area (Å²) in [6, 6.07) is 13.4. The van der Waals surface area contributed by atoms with Crippen LogP contribution in [0.5, 0.6) is 86.2 Å². The average Bonchev–Trinajstić information content (AvgIpc) is 1.47. The average molecular weight is 2030 g/mol. The maximum Gasteiger partial charge on any atom is 0.525 e. The molecule has 51 heteroatoms. The Hall–Kier alpha value is -9.54. The van der Waals surface area contributed by atoms with Crippen molar-refractivity contribution >= 4 is 41.4 Å². The van der Waals surface area contributed by atoms with Gasteiger partial charge in [0.2, 0.25) is 37.5 Å². The quantitative estimate of drug-likeness (QED) is 0.0279. The second-order valence-electron chi connectivity index (χ2n) is 32.6. The predicted molar refractivity (Wildman–Crippen MR) is 448 cm³/mol. The van der Waals surface area contributed by atoms with E-state index < -0.39 is 332 Å². The van der Waals surface area contributed by atoms with Crippen LogP contribution in [0.2, 0.25) is 0 Å². The van der Waals surface area contributed by atoms with Gasteiger partial charge in [0.1, 0.15) is 81.5 Å². The van der Waals surface area contributed by atoms with Crippen LogP contribution in [-0.4, -0.2) is 291 Å². The lowest BCUT2D eigenvalue weighted by Gasteiger charge is -2.47. The van der Waals surface area contributed by atoms with Crippen molar-refractivity contribution in [2.75, 3.05) is 102 Å². The third-order valence-electron chi connectivity index (χ3n) is 24.5. The zero-order valence-corrected chi connectivity index (χ0v) is 74.4. The van der Waals surface area contributed by atoms with Crippen molar-refractivity contribution < 1.29 is 262 Å². The summed E-state index contributed by atoms with van der Waals surface area (Å²) in [4.78, 5) is 98.9. The standard InChI is InChI=1S/3C29H33O16P/c3*1-11-38-9-20-27(42-11)23(30)24(31)29(43-20)44-25-14-7-17-16(40-10-41-17)6-13(14)21(22-15(25)8-39-28(22)32)12-4-18(36-2)26(19(5-12)37-3)45-46(33,34)35/h3*4-7,11,15,20-25,27,29-31H,8-10H2,1-3H3,(H2,33,34,35)/t3*11-,15+,20-,21-,22+,23-,24-,25-,27-,29+/m111/s1/i2D3,3D3,9D2,10D2,21D;8D2,9D2,10D2,21D;8D2,9D2,10D2. The molecule has 0 radical (unpaired) electrons. The first-order chi connectivity index (χ1) is 74.7. The smallest absolute Gasteiger partial charge is 0.493 e. The van der Waals surface area contributed by atoms with Crippen molar-refractivity contribution in [1.29, 1.82) is 0 Å². The van der Waals surface area contributed by atoms with Crippen LogP contribution in [0.3, 0.4) is 0 Å². The molecule has 0 aromatic heterocycles. The molecule has 12 N–H and O–H groups in total. The molecule has 12 heterocycles. The maximum atomic E-state index is 13.8. The van der Waals surface area contributed by atoms with Gasteiger partial charge in [-0.15, -0.1) is 0 Å². The van der Waals surface area contributed by atoms with E-state index in [9.17, 15) is 90.8 Å². The molecule has 0 saturated carbocycles. The van der Waals surface area contributed by atoms with Crippen molar-refractivity contribution in [3.8, 4) is 86.2 Å². The molecule has 750 valence electrons. The molecule has 30 atom stereocenters. The normalized spacial score (nSPS) is 41.4. The minimum atomic E-state index is -5.62. The van der Waals surface area contributed by atoms with Gasteiger partial charge in [0.25, 0.3) is 0 Å². The number of cyclic esters (lactones) is 3. The van der Waals surface area contributed by atoms with Gasteiger partial charge in [0, 0.05) is 38.2 Å². The number of esters is 3. The molecule has 0 amide bonds. The third kappa shape index (κ3) is 18.3. The Morgan fingerprint density at radius 3 is 0.978 bits per heavy atom. The first-order valence-corrected chi connectivity index (χ1v) is 46.0. The van der Waals surface area contributed by atoms with Gasteiger partial charge in [-0.2, -0.15) is 0 Å². The minimum absolute atomic E-state index is 0.0575. The van der Waals surface area contributed by atoms with Gasteiger partial charge in [-0.3, -0.25) is 43.7 Å². The van der Waals surface area contributed by atoms with Gasteiger partial charge in [-0.1, -0.05) is 0 Å². The number of ether oxygens (including phenoxy) is 27. The highest BCUT2D eigenvalue weighted by Gasteiger charge is 2.62. The second kappa shape index (κ2) is 38.4. The fourth-order valence-electron chi connectivity index (χ4n) is 18.7. The highest BCUT2D eigenvalue weighted by Crippen LogP contribution is 2.64. The number of carbonyl (C=O) groups is 3. The Bertz CT molecular complexity index is 6890. The summed E-state index contributed by atoms with van der Waals surface area (Å²) in [5, 5.41) is 66.8. The molecule has 48 nitrogen and oxygen atoms in total. The van der Waals surface area contributed by atoms with E-state index in [-0.39, 0.29) is 102 Å². The highest BCUT2D eigenvalue weighted by molar-refractivity contribution is 7.47. The Balaban J connectivity index is 0.000000150. The number of phosphoric acid groups is 3. The second-order valence-corrected chi connectivity index (χ2v) is 36.1. The van der Waals surface area contributed by atoms with Crippen LogP contribution in [0.15, 0.2) is 72.8 Å². The number of rotatable bonds is 21. The number of hydrogen-bond acceptors (Lipinski definition) is 42. The predicted octanol–water partition coefficient (Wildman–Crippen LogP) is 3.31. The van der Waals surface area contributed by atoms with Crippen LogP contribution in [-0.2, 0) is 99.1 Å². The van der Waals surface area contributed by atoms with Crippen LogP contribution in [0.1, 0.15) is 140 Å². The van der Waals surface area contributed by atoms with Gasteiger partial charge in [0.15, 0.2) is 107 Å². The lowest BCUT2D eigenvalue weighted by atomic mass is 9.66. The summed E-state index contributed by atoms with van der Waals surface area (Å²) < 4.78 is 397. The molecule has 9 fully saturated rings. The summed E-state index contributed by atoms with van der Waals surface area (Å²) in [6.07, 6.45) is -34.5. The van der Waals surface area contributed by atoms with E-state index in [4.69, 9.17) is 167 Å². The number of hydrogen-bond donors (Lipinski definition) is 12. The van der Waals surface area contributed by atoms with Crippen molar-refractivity contribution in [3.05, 3.63) is 123 Å². The van der Waals surface area contributed by atoms with Gasteiger partial charge < -0.3 is 172 Å². The van der Waals surface area contributed by atoms with Crippen LogP contribution in [0, 0.1) is 35.5 Å². The molecule has 3 aliphatic carbocycles. The van der Waals surface area contributed by atoms with Crippen molar-refractivity contribution in [1.82, 2.24) is 0 Å². The van der Waals surface area contributed by atoms with Crippen LogP contribution >= 0.6 is 23.5 Å². The third-order valence-corrected chi connectivity index (χ3v) is 25.7. The molecule has 0 spiro atoms. The lowest BCUT2D eigenvalue weighted by Crippen LogP contribution is -2.63. The van der Waals surface area contributed by atoms with E-state index in [1.807, 2.05) is 0 Å². The summed E-state index contributed by atoms with van der Waals surface area (Å²) in [6.45, 7) is -17.9. The Morgan fingerprint density at radius 2 is 0.638 bits per heavy atom. The van der Waals surface area contributed by atoms with Crippen LogP contribution in [0.4, 0.5) is 0 Å². The summed E-state index contributed by atoms with van der Waals surface area (Å²) in [7, 11) is -18.2. The molecule has 15 aliphatic rings. The van der Waals surface area contributed by atoms with Crippen LogP contribution in [0.25, 0.3) is 0 Å². The molecular weight excluding hydrogens is 1910 g/mol. The monoisotopic (exact) mass is 2030 g/mol. The van der Waals surface area contributed by atoms with Gasteiger partial charge in [0.05, 0.1) is 140 Å². The summed E-state index contributed by atoms with van der Waals surface area (Å²) >= 11 is 0. The number of carbonyl (C=O) groups excluding carboxylic acids is 3. The number of aliphatic hydroxyl groups excluding tert-OH is 6. The molecule has 6 aromatic rings. The fraction of sp³-hybridized carbons (Fsp3) is 0.552. The van der Waals surface area contributed by atoms with E-state index in [2.05, 4.69) is 4.52 Å². The maximum absolute atomic E-state index is 13.8. The van der Waals surface area contributed by atoms with Crippen LogP contribution < -0.4 is 70.4 Å². The molecular formula is C87H99O48P3. The Morgan fingerprint density at radius 1 is 0.348 bits per heavy atom. The Labute approximate surface area is 816 Å². The zero-order chi connectivity index (χ0) is 119. The number of methoxy groups -OCH3 is 6. The molecule has 21 rings (SSSR count). The van der Waals surface area contributed by atoms with Crippen molar-refractivity contribution in [3.63, 3.8) is 0 Å². The van der Waals surface area contributed by atoms with Gasteiger partial charge in [-0.05, 0) is 144 Å². The molecule has 138 heavy (non-hydrogen) atoms. The zero-order valence-electron chi connectivity index (χ0n) is 95.7. The molecule has 6 aromatic carbocycles.